The monoisotopic (exact) mass is 421 g/mol. The maximum atomic E-state index is 13.2. The van der Waals surface area contributed by atoms with E-state index in [4.69, 9.17) is 23.2 Å². The fourth-order valence-corrected chi connectivity index (χ4v) is 5.93. The minimum atomic E-state index is 0.0634. The van der Waals surface area contributed by atoms with Crippen LogP contribution in [0.25, 0.3) is 10.9 Å². The number of hydrogen-bond acceptors (Lipinski definition) is 3. The number of aromatic nitrogens is 2. The van der Waals surface area contributed by atoms with Crippen molar-refractivity contribution in [3.63, 3.8) is 0 Å². The minimum Gasteiger partial charge on any atom is -0.339 e. The van der Waals surface area contributed by atoms with Gasteiger partial charge in [-0.25, -0.2) is 0 Å². The first-order chi connectivity index (χ1) is 13.4. The van der Waals surface area contributed by atoms with E-state index in [9.17, 15) is 9.59 Å². The first-order valence-electron chi connectivity index (χ1n) is 9.96. The third-order valence-electron chi connectivity index (χ3n) is 6.84. The summed E-state index contributed by atoms with van der Waals surface area (Å²) >= 11 is 12.8. The molecule has 5 nitrogen and oxygen atoms in total. The number of likely N-dealkylation sites (tertiary alicyclic amines) is 1. The van der Waals surface area contributed by atoms with Crippen LogP contribution in [-0.4, -0.2) is 39.5 Å². The van der Waals surface area contributed by atoms with Gasteiger partial charge in [-0.1, -0.05) is 29.6 Å². The normalized spacial score (nSPS) is 27.6. The Balaban J connectivity index is 1.59. The molecule has 2 aliphatic rings. The van der Waals surface area contributed by atoms with Crippen molar-refractivity contribution in [1.82, 2.24) is 14.7 Å². The fraction of sp³-hybridized carbons (Fsp3) is 0.571. The molecule has 1 amide bonds. The van der Waals surface area contributed by atoms with Gasteiger partial charge < -0.3 is 9.69 Å². The zero-order valence-corrected chi connectivity index (χ0v) is 17.7. The number of rotatable bonds is 3. The molecular formula is C21H25Cl2N3O2. The molecule has 1 aliphatic heterocycles. The highest BCUT2D eigenvalue weighted by Crippen LogP contribution is 2.43. The number of aryl methyl sites for hydroxylation is 1. The number of benzene rings is 1. The summed E-state index contributed by atoms with van der Waals surface area (Å²) in [5, 5.41) is 5.93. The maximum absolute atomic E-state index is 13.2. The Kier molecular flexibility index (Phi) is 5.41. The predicted octanol–water partition coefficient (Wildman–Crippen LogP) is 4.27. The van der Waals surface area contributed by atoms with E-state index in [1.54, 1.807) is 10.7 Å². The topological polar surface area (TPSA) is 55.2 Å². The van der Waals surface area contributed by atoms with Crippen molar-refractivity contribution in [3.05, 3.63) is 27.9 Å². The molecule has 150 valence electrons. The van der Waals surface area contributed by atoms with Crippen LogP contribution in [0.2, 0.25) is 10.2 Å². The smallest absolute Gasteiger partial charge is 0.227 e. The predicted molar refractivity (Wildman–Crippen MR) is 111 cm³/mol. The molecule has 28 heavy (non-hydrogen) atoms. The molecule has 7 heteroatoms. The number of carbonyl (C=O) groups excluding carboxylic acids is 2. The molecule has 1 saturated heterocycles. The summed E-state index contributed by atoms with van der Waals surface area (Å²) in [6.07, 6.45) is 5.38. The molecule has 4 atom stereocenters. The largest absolute Gasteiger partial charge is 0.339 e. The molecule has 2 heterocycles. The maximum Gasteiger partial charge on any atom is 0.227 e. The van der Waals surface area contributed by atoms with Gasteiger partial charge in [-0.15, -0.1) is 0 Å². The van der Waals surface area contributed by atoms with Crippen molar-refractivity contribution >= 4 is 46.3 Å². The lowest BCUT2D eigenvalue weighted by Crippen LogP contribution is -2.53. The third kappa shape index (κ3) is 3.22. The summed E-state index contributed by atoms with van der Waals surface area (Å²) in [6.45, 7) is 2.82. The first-order valence-corrected chi connectivity index (χ1v) is 10.7. The zero-order valence-electron chi connectivity index (χ0n) is 16.2. The number of nitrogens with zero attached hydrogens (tertiary/aromatic N) is 3. The average molecular weight is 422 g/mol. The van der Waals surface area contributed by atoms with Crippen LogP contribution in [0.3, 0.4) is 0 Å². The van der Waals surface area contributed by atoms with Crippen LogP contribution in [-0.2, 0) is 23.1 Å². The van der Waals surface area contributed by atoms with Crippen molar-refractivity contribution in [3.8, 4) is 0 Å². The number of carbonyl (C=O) groups is 2. The molecule has 1 aromatic carbocycles. The van der Waals surface area contributed by atoms with E-state index in [1.165, 1.54) is 0 Å². The molecule has 0 radical (unpaired) electrons. The number of piperidine rings is 1. The molecule has 2 fully saturated rings. The Labute approximate surface area is 175 Å². The van der Waals surface area contributed by atoms with E-state index in [-0.39, 0.29) is 24.3 Å². The Hall–Kier alpha value is -1.59. The van der Waals surface area contributed by atoms with Gasteiger partial charge in [0, 0.05) is 36.0 Å². The van der Waals surface area contributed by atoms with Gasteiger partial charge in [-0.3, -0.25) is 9.48 Å². The van der Waals surface area contributed by atoms with E-state index in [1.807, 2.05) is 18.0 Å². The number of hydrogen-bond donors (Lipinski definition) is 0. The summed E-state index contributed by atoms with van der Waals surface area (Å²) in [4.78, 5) is 26.7. The molecule has 4 rings (SSSR count). The summed E-state index contributed by atoms with van der Waals surface area (Å²) in [5.41, 5.74) is 1.61. The molecule has 2 aromatic rings. The van der Waals surface area contributed by atoms with E-state index in [0.717, 1.165) is 48.4 Å². The van der Waals surface area contributed by atoms with Gasteiger partial charge in [-0.2, -0.15) is 5.10 Å². The number of fused-ring (bicyclic) bond motifs is 2. The minimum absolute atomic E-state index is 0.0634. The molecule has 0 spiro atoms. The van der Waals surface area contributed by atoms with Gasteiger partial charge >= 0.3 is 0 Å². The fourth-order valence-electron chi connectivity index (χ4n) is 5.38. The van der Waals surface area contributed by atoms with E-state index in [2.05, 4.69) is 12.0 Å². The van der Waals surface area contributed by atoms with E-state index in [0.29, 0.717) is 28.6 Å². The van der Waals surface area contributed by atoms with Crippen LogP contribution in [0.15, 0.2) is 12.1 Å². The van der Waals surface area contributed by atoms with E-state index < -0.39 is 0 Å². The number of aldehydes is 1. The Morgan fingerprint density at radius 3 is 2.79 bits per heavy atom. The highest BCUT2D eigenvalue weighted by Gasteiger charge is 2.42. The summed E-state index contributed by atoms with van der Waals surface area (Å²) in [5.74, 6) is 1.02. The summed E-state index contributed by atoms with van der Waals surface area (Å²) in [6, 6.07) is 3.81. The Bertz CT molecular complexity index is 926. The van der Waals surface area contributed by atoms with Crippen molar-refractivity contribution in [2.45, 2.75) is 45.1 Å². The second-order valence-electron chi connectivity index (χ2n) is 8.19. The Morgan fingerprint density at radius 2 is 2.04 bits per heavy atom. The van der Waals surface area contributed by atoms with Crippen LogP contribution >= 0.6 is 23.2 Å². The molecule has 0 N–H and O–H groups in total. The summed E-state index contributed by atoms with van der Waals surface area (Å²) < 4.78 is 1.71. The van der Waals surface area contributed by atoms with Gasteiger partial charge in [0.2, 0.25) is 5.91 Å². The van der Waals surface area contributed by atoms with Crippen LogP contribution in [0, 0.1) is 17.8 Å². The van der Waals surface area contributed by atoms with Crippen LogP contribution < -0.4 is 0 Å². The van der Waals surface area contributed by atoms with Crippen LogP contribution in [0.1, 0.15) is 38.2 Å². The highest BCUT2D eigenvalue weighted by atomic mass is 35.5. The lowest BCUT2D eigenvalue weighted by Gasteiger charge is -2.48. The second-order valence-corrected chi connectivity index (χ2v) is 8.95. The molecular weight excluding hydrogens is 397 g/mol. The third-order valence-corrected chi connectivity index (χ3v) is 7.46. The molecule has 1 saturated carbocycles. The Morgan fingerprint density at radius 1 is 1.25 bits per heavy atom. The van der Waals surface area contributed by atoms with Gasteiger partial charge in [0.05, 0.1) is 11.9 Å². The van der Waals surface area contributed by atoms with E-state index >= 15 is 0 Å². The average Bonchev–Trinajstić information content (AvgIpc) is 2.97. The lowest BCUT2D eigenvalue weighted by atomic mass is 9.66. The van der Waals surface area contributed by atoms with Gasteiger partial charge in [0.15, 0.2) is 5.15 Å². The number of halogens is 2. The highest BCUT2D eigenvalue weighted by molar-refractivity contribution is 6.37. The van der Waals surface area contributed by atoms with Crippen molar-refractivity contribution in [2.75, 3.05) is 6.54 Å². The number of amides is 1. The standard InChI is InChI=1S/C21H25Cl2N3O2/c1-12-14-5-3-4-13(11-27)15(14)8-9-26(12)19(28)10-16-17(22)6-7-18-20(16)21(23)24-25(18)2/h6-7,11-15H,3-5,8-10H2,1-2H3. The zero-order chi connectivity index (χ0) is 20.0. The van der Waals surface area contributed by atoms with Crippen LogP contribution in [0.4, 0.5) is 0 Å². The van der Waals surface area contributed by atoms with Crippen LogP contribution in [0.5, 0.6) is 0 Å². The second kappa shape index (κ2) is 7.68. The van der Waals surface area contributed by atoms with Gasteiger partial charge in [-0.05, 0) is 55.7 Å². The van der Waals surface area contributed by atoms with Crippen molar-refractivity contribution in [1.29, 1.82) is 0 Å². The first kappa shape index (κ1) is 19.7. The molecule has 1 aliphatic carbocycles. The lowest BCUT2D eigenvalue weighted by molar-refractivity contribution is -0.138. The molecule has 0 bridgehead atoms. The van der Waals surface area contributed by atoms with Crippen molar-refractivity contribution in [2.24, 2.45) is 24.8 Å². The SMILES string of the molecule is CC1C2CCCC(C=O)C2CCN1C(=O)Cc1c(Cl)ccc2c1c(Cl)nn2C. The molecule has 4 unspecified atom stereocenters. The van der Waals surface area contributed by atoms with Gasteiger partial charge in [0.25, 0.3) is 0 Å². The van der Waals surface area contributed by atoms with Crippen molar-refractivity contribution < 1.29 is 9.59 Å². The summed E-state index contributed by atoms with van der Waals surface area (Å²) in [7, 11) is 1.83. The van der Waals surface area contributed by atoms with Gasteiger partial charge in [0.1, 0.15) is 6.29 Å². The quantitative estimate of drug-likeness (QED) is 0.694. The molecule has 1 aromatic heterocycles.